The van der Waals surface area contributed by atoms with E-state index < -0.39 is 29.1 Å². The molecule has 4 aromatic carbocycles. The molecule has 182 valence electrons. The molecular formula is C30H21F5O. The molecule has 0 aliphatic heterocycles. The van der Waals surface area contributed by atoms with E-state index >= 15 is 0 Å². The smallest absolute Gasteiger partial charge is 0.195 e. The van der Waals surface area contributed by atoms with Crippen LogP contribution < -0.4 is 4.74 Å². The van der Waals surface area contributed by atoms with E-state index in [1.54, 1.807) is 24.3 Å². The van der Waals surface area contributed by atoms with Gasteiger partial charge in [0.15, 0.2) is 17.5 Å². The van der Waals surface area contributed by atoms with E-state index in [0.29, 0.717) is 17.5 Å². The molecule has 4 rings (SSSR count). The molecular weight excluding hydrogens is 471 g/mol. The number of ether oxygens (including phenoxy) is 1. The summed E-state index contributed by atoms with van der Waals surface area (Å²) in [6.07, 6.45) is 4.14. The molecule has 0 N–H and O–H groups in total. The summed E-state index contributed by atoms with van der Waals surface area (Å²) in [5.41, 5.74) is 2.09. The van der Waals surface area contributed by atoms with Crippen LogP contribution >= 0.6 is 0 Å². The topological polar surface area (TPSA) is 9.23 Å². The van der Waals surface area contributed by atoms with E-state index in [4.69, 9.17) is 4.74 Å². The standard InChI is InChI=1S/C30H21F5O/c1-2-3-14-36-23-17-26(31)25(27(32)18-23)13-10-20-6-4-19(5-7-20)8-9-21-11-12-24-22(15-21)16-28(33)30(35)29(24)34/h2-7,11-12,15-18H,10,13-14H2,1H3/b3-2+. The van der Waals surface area contributed by atoms with E-state index in [2.05, 4.69) is 11.8 Å². The van der Waals surface area contributed by atoms with Crippen molar-refractivity contribution in [2.24, 2.45) is 0 Å². The molecule has 0 amide bonds. The first-order chi connectivity index (χ1) is 17.4. The summed E-state index contributed by atoms with van der Waals surface area (Å²) in [5, 5.41) is 0.192. The maximum atomic E-state index is 14.4. The molecule has 0 fully saturated rings. The first-order valence-electron chi connectivity index (χ1n) is 11.3. The second-order valence-electron chi connectivity index (χ2n) is 8.11. The summed E-state index contributed by atoms with van der Waals surface area (Å²) < 4.78 is 74.9. The van der Waals surface area contributed by atoms with Crippen molar-refractivity contribution in [2.45, 2.75) is 19.8 Å². The number of fused-ring (bicyclic) bond motifs is 1. The number of halogens is 5. The Bertz CT molecular complexity index is 1470. The fourth-order valence-electron chi connectivity index (χ4n) is 3.69. The first kappa shape index (κ1) is 25.0. The highest BCUT2D eigenvalue weighted by atomic mass is 19.2. The van der Waals surface area contributed by atoms with Crippen molar-refractivity contribution in [3.05, 3.63) is 124 Å². The predicted molar refractivity (Wildman–Crippen MR) is 130 cm³/mol. The Balaban J connectivity index is 1.43. The predicted octanol–water partition coefficient (Wildman–Crippen LogP) is 7.68. The Kier molecular flexibility index (Phi) is 7.70. The summed E-state index contributed by atoms with van der Waals surface area (Å²) in [7, 11) is 0. The van der Waals surface area contributed by atoms with Gasteiger partial charge in [-0.05, 0) is 61.0 Å². The van der Waals surface area contributed by atoms with Gasteiger partial charge in [0.05, 0.1) is 0 Å². The number of hydrogen-bond donors (Lipinski definition) is 0. The van der Waals surface area contributed by atoms with Crippen molar-refractivity contribution < 1.29 is 26.7 Å². The van der Waals surface area contributed by atoms with Gasteiger partial charge in [-0.1, -0.05) is 42.2 Å². The van der Waals surface area contributed by atoms with Gasteiger partial charge < -0.3 is 4.74 Å². The van der Waals surface area contributed by atoms with Crippen molar-refractivity contribution in [3.63, 3.8) is 0 Å². The van der Waals surface area contributed by atoms with Gasteiger partial charge in [0, 0.05) is 34.2 Å². The van der Waals surface area contributed by atoms with Gasteiger partial charge in [-0.25, -0.2) is 22.0 Å². The maximum absolute atomic E-state index is 14.4. The Morgan fingerprint density at radius 3 is 2.08 bits per heavy atom. The van der Waals surface area contributed by atoms with E-state index in [9.17, 15) is 22.0 Å². The van der Waals surface area contributed by atoms with Crippen LogP contribution in [-0.2, 0) is 12.8 Å². The van der Waals surface area contributed by atoms with E-state index in [-0.39, 0.29) is 35.1 Å². The molecule has 0 aromatic heterocycles. The zero-order valence-electron chi connectivity index (χ0n) is 19.3. The van der Waals surface area contributed by atoms with Crippen molar-refractivity contribution in [1.29, 1.82) is 0 Å². The third-order valence-corrected chi connectivity index (χ3v) is 5.64. The number of benzene rings is 4. The number of rotatable bonds is 6. The van der Waals surface area contributed by atoms with Gasteiger partial charge in [-0.2, -0.15) is 0 Å². The normalized spacial score (nSPS) is 11.1. The number of allylic oxidation sites excluding steroid dienone is 1. The largest absolute Gasteiger partial charge is 0.489 e. The van der Waals surface area contributed by atoms with Crippen molar-refractivity contribution >= 4 is 10.8 Å². The molecule has 0 aliphatic carbocycles. The molecule has 0 unspecified atom stereocenters. The molecule has 1 nitrogen and oxygen atoms in total. The lowest BCUT2D eigenvalue weighted by Crippen LogP contribution is -2.02. The molecule has 0 saturated carbocycles. The third-order valence-electron chi connectivity index (χ3n) is 5.64. The maximum Gasteiger partial charge on any atom is 0.195 e. The highest BCUT2D eigenvalue weighted by molar-refractivity contribution is 5.84. The summed E-state index contributed by atoms with van der Waals surface area (Å²) in [5.74, 6) is 0.743. The van der Waals surface area contributed by atoms with Crippen LogP contribution in [0, 0.1) is 40.9 Å². The Morgan fingerprint density at radius 2 is 1.39 bits per heavy atom. The second-order valence-corrected chi connectivity index (χ2v) is 8.11. The van der Waals surface area contributed by atoms with Gasteiger partial charge >= 0.3 is 0 Å². The van der Waals surface area contributed by atoms with Gasteiger partial charge in [-0.3, -0.25) is 0 Å². The molecule has 0 spiro atoms. The minimum Gasteiger partial charge on any atom is -0.489 e. The van der Waals surface area contributed by atoms with Crippen LogP contribution in [0.4, 0.5) is 22.0 Å². The Labute approximate surface area is 205 Å². The fraction of sp³-hybridized carbons (Fsp3) is 0.133. The average Bonchev–Trinajstić information content (AvgIpc) is 2.86. The van der Waals surface area contributed by atoms with Crippen LogP contribution in [0.2, 0.25) is 0 Å². The van der Waals surface area contributed by atoms with Gasteiger partial charge in [0.1, 0.15) is 24.0 Å². The lowest BCUT2D eigenvalue weighted by Gasteiger charge is -2.09. The second kappa shape index (κ2) is 11.1. The number of hydrogen-bond acceptors (Lipinski definition) is 1. The summed E-state index contributed by atoms with van der Waals surface area (Å²) >= 11 is 0. The zero-order valence-corrected chi connectivity index (χ0v) is 19.3. The quantitative estimate of drug-likeness (QED) is 0.116. The first-order valence-corrected chi connectivity index (χ1v) is 11.3. The molecule has 0 radical (unpaired) electrons. The molecule has 0 saturated heterocycles. The monoisotopic (exact) mass is 492 g/mol. The summed E-state index contributed by atoms with van der Waals surface area (Å²) in [6, 6.07) is 14.9. The van der Waals surface area contributed by atoms with Crippen LogP contribution in [0.5, 0.6) is 5.75 Å². The van der Waals surface area contributed by atoms with Crippen LogP contribution in [-0.4, -0.2) is 6.61 Å². The van der Waals surface area contributed by atoms with Crippen molar-refractivity contribution in [2.75, 3.05) is 6.61 Å². The van der Waals surface area contributed by atoms with Crippen LogP contribution in [0.15, 0.2) is 72.8 Å². The van der Waals surface area contributed by atoms with E-state index in [1.807, 2.05) is 19.1 Å². The molecule has 36 heavy (non-hydrogen) atoms. The number of aryl methyl sites for hydroxylation is 1. The van der Waals surface area contributed by atoms with E-state index in [1.165, 1.54) is 30.3 Å². The van der Waals surface area contributed by atoms with E-state index in [0.717, 1.165) is 11.6 Å². The molecule has 0 aliphatic rings. The Morgan fingerprint density at radius 1 is 0.722 bits per heavy atom. The van der Waals surface area contributed by atoms with Crippen molar-refractivity contribution in [1.82, 2.24) is 0 Å². The molecule has 0 heterocycles. The lowest BCUT2D eigenvalue weighted by molar-refractivity contribution is 0.356. The van der Waals surface area contributed by atoms with Crippen molar-refractivity contribution in [3.8, 4) is 17.6 Å². The van der Waals surface area contributed by atoms with Crippen LogP contribution in [0.25, 0.3) is 10.8 Å². The van der Waals surface area contributed by atoms with Gasteiger partial charge in [0.25, 0.3) is 0 Å². The lowest BCUT2D eigenvalue weighted by atomic mass is 10.0. The van der Waals surface area contributed by atoms with Gasteiger partial charge in [0.2, 0.25) is 0 Å². The SMILES string of the molecule is C/C=C/COc1cc(F)c(CCc2ccc(C#Cc3ccc4c(F)c(F)c(F)cc4c3)cc2)c(F)c1. The molecule has 6 heteroatoms. The molecule has 4 aromatic rings. The molecule has 0 bridgehead atoms. The summed E-state index contributed by atoms with van der Waals surface area (Å²) in [4.78, 5) is 0. The minimum atomic E-state index is -1.50. The highest BCUT2D eigenvalue weighted by Gasteiger charge is 2.14. The minimum absolute atomic E-state index is 0.00121. The Hall–Kier alpha value is -4.11. The summed E-state index contributed by atoms with van der Waals surface area (Å²) in [6.45, 7) is 2.07. The van der Waals surface area contributed by atoms with Crippen LogP contribution in [0.1, 0.15) is 29.2 Å². The average molecular weight is 492 g/mol. The fourth-order valence-corrected chi connectivity index (χ4v) is 3.69. The molecule has 0 atom stereocenters. The van der Waals surface area contributed by atoms with Gasteiger partial charge in [-0.15, -0.1) is 0 Å². The zero-order chi connectivity index (χ0) is 25.7. The third kappa shape index (κ3) is 5.75. The highest BCUT2D eigenvalue weighted by Crippen LogP contribution is 2.24. The van der Waals surface area contributed by atoms with Crippen LogP contribution in [0.3, 0.4) is 0 Å².